The van der Waals surface area contributed by atoms with Gasteiger partial charge in [0, 0.05) is 23.5 Å². The van der Waals surface area contributed by atoms with Gasteiger partial charge in [0.1, 0.15) is 5.75 Å². The standard InChI is InChI=1S/C21H21ClN2O4S2/c1-28-18-7-6-16(13-17(18)22)30(26,27)23-15-5-8-19-14(11-15)12-20(29-19)21(25)24-9-3-2-4-10-24/h5-8,11-13,23H,2-4,9-10H2,1H3. The quantitative estimate of drug-likeness (QED) is 0.577. The van der Waals surface area contributed by atoms with Crippen LogP contribution in [0.15, 0.2) is 47.4 Å². The zero-order valence-corrected chi connectivity index (χ0v) is 18.7. The van der Waals surface area contributed by atoms with Gasteiger partial charge in [0.15, 0.2) is 0 Å². The number of rotatable bonds is 5. The van der Waals surface area contributed by atoms with E-state index >= 15 is 0 Å². The molecular weight excluding hydrogens is 444 g/mol. The summed E-state index contributed by atoms with van der Waals surface area (Å²) >= 11 is 7.49. The van der Waals surface area contributed by atoms with Gasteiger partial charge in [-0.1, -0.05) is 11.6 Å². The van der Waals surface area contributed by atoms with Crippen LogP contribution in [0.4, 0.5) is 5.69 Å². The van der Waals surface area contributed by atoms with Crippen molar-refractivity contribution in [1.29, 1.82) is 0 Å². The van der Waals surface area contributed by atoms with Crippen LogP contribution < -0.4 is 9.46 Å². The van der Waals surface area contributed by atoms with Crippen LogP contribution in [0, 0.1) is 0 Å². The molecule has 0 bridgehead atoms. The topological polar surface area (TPSA) is 75.7 Å². The zero-order valence-electron chi connectivity index (χ0n) is 16.4. The van der Waals surface area contributed by atoms with E-state index in [4.69, 9.17) is 16.3 Å². The van der Waals surface area contributed by atoms with Crippen LogP contribution in [0.5, 0.6) is 5.75 Å². The summed E-state index contributed by atoms with van der Waals surface area (Å²) in [6.07, 6.45) is 3.25. The van der Waals surface area contributed by atoms with Gasteiger partial charge < -0.3 is 9.64 Å². The predicted molar refractivity (Wildman–Crippen MR) is 120 cm³/mol. The number of fused-ring (bicyclic) bond motifs is 1. The average Bonchev–Trinajstić information content (AvgIpc) is 3.17. The number of methoxy groups -OCH3 is 1. The molecule has 158 valence electrons. The second-order valence-corrected chi connectivity index (χ2v) is 10.3. The molecule has 1 fully saturated rings. The number of piperidine rings is 1. The number of anilines is 1. The summed E-state index contributed by atoms with van der Waals surface area (Å²) in [7, 11) is -2.35. The first kappa shape index (κ1) is 21.0. The smallest absolute Gasteiger partial charge is 0.263 e. The Morgan fingerprint density at radius 2 is 1.87 bits per heavy atom. The number of sulfonamides is 1. The van der Waals surface area contributed by atoms with Crippen LogP contribution in [-0.4, -0.2) is 39.4 Å². The summed E-state index contributed by atoms with van der Waals surface area (Å²) in [5, 5.41) is 1.04. The number of hydrogen-bond donors (Lipinski definition) is 1. The van der Waals surface area contributed by atoms with E-state index in [9.17, 15) is 13.2 Å². The molecule has 3 aromatic rings. The van der Waals surface area contributed by atoms with Crippen LogP contribution in [0.25, 0.3) is 10.1 Å². The van der Waals surface area contributed by atoms with E-state index in [1.54, 1.807) is 12.1 Å². The Morgan fingerprint density at radius 1 is 1.10 bits per heavy atom. The minimum atomic E-state index is -3.82. The molecule has 1 aliphatic rings. The third-order valence-electron chi connectivity index (χ3n) is 5.06. The van der Waals surface area contributed by atoms with Crippen LogP contribution in [-0.2, 0) is 10.0 Å². The molecule has 1 saturated heterocycles. The minimum Gasteiger partial charge on any atom is -0.495 e. The van der Waals surface area contributed by atoms with Crippen molar-refractivity contribution in [3.05, 3.63) is 52.4 Å². The number of nitrogens with zero attached hydrogens (tertiary/aromatic N) is 1. The highest BCUT2D eigenvalue weighted by molar-refractivity contribution is 7.92. The zero-order chi connectivity index (χ0) is 21.3. The van der Waals surface area contributed by atoms with Crippen molar-refractivity contribution in [1.82, 2.24) is 4.90 Å². The molecule has 1 aromatic heterocycles. The fourth-order valence-corrected chi connectivity index (χ4v) is 5.90. The number of carbonyl (C=O) groups excluding carboxylic acids is 1. The Hall–Kier alpha value is -2.29. The van der Waals surface area contributed by atoms with Crippen LogP contribution in [0.2, 0.25) is 5.02 Å². The van der Waals surface area contributed by atoms with Gasteiger partial charge in [0.05, 0.1) is 21.9 Å². The number of thiophene rings is 1. The number of halogens is 1. The highest BCUT2D eigenvalue weighted by Crippen LogP contribution is 2.31. The average molecular weight is 465 g/mol. The molecule has 0 aliphatic carbocycles. The molecular formula is C21H21ClN2O4S2. The van der Waals surface area contributed by atoms with Crippen molar-refractivity contribution in [2.45, 2.75) is 24.2 Å². The fourth-order valence-electron chi connectivity index (χ4n) is 3.49. The Morgan fingerprint density at radius 3 is 2.57 bits per heavy atom. The molecule has 0 atom stereocenters. The minimum absolute atomic E-state index is 0.0414. The largest absolute Gasteiger partial charge is 0.495 e. The Bertz CT molecular complexity index is 1200. The molecule has 0 unspecified atom stereocenters. The predicted octanol–water partition coefficient (Wildman–Crippen LogP) is 4.99. The van der Waals surface area contributed by atoms with Gasteiger partial charge in [-0.3, -0.25) is 9.52 Å². The van der Waals surface area contributed by atoms with Crippen molar-refractivity contribution < 1.29 is 17.9 Å². The fraction of sp³-hybridized carbons (Fsp3) is 0.286. The van der Waals surface area contributed by atoms with E-state index in [-0.39, 0.29) is 15.8 Å². The number of nitrogens with one attached hydrogen (secondary N) is 1. The van der Waals surface area contributed by atoms with E-state index in [1.807, 2.05) is 17.0 Å². The van der Waals surface area contributed by atoms with Crippen LogP contribution in [0.3, 0.4) is 0 Å². The summed E-state index contributed by atoms with van der Waals surface area (Å²) in [6.45, 7) is 1.59. The Kier molecular flexibility index (Phi) is 5.90. The first-order valence-corrected chi connectivity index (χ1v) is 12.2. The lowest BCUT2D eigenvalue weighted by Gasteiger charge is -2.26. The van der Waals surface area contributed by atoms with E-state index in [0.29, 0.717) is 16.3 Å². The Labute approximate surface area is 184 Å². The first-order chi connectivity index (χ1) is 14.4. The maximum absolute atomic E-state index is 12.8. The Balaban J connectivity index is 1.57. The molecule has 1 aliphatic heterocycles. The summed E-state index contributed by atoms with van der Waals surface area (Å²) in [4.78, 5) is 15.4. The van der Waals surface area contributed by atoms with Gasteiger partial charge in [0.2, 0.25) is 0 Å². The van der Waals surface area contributed by atoms with E-state index in [2.05, 4.69) is 4.72 Å². The van der Waals surface area contributed by atoms with Crippen LogP contribution >= 0.6 is 22.9 Å². The SMILES string of the molecule is COc1ccc(S(=O)(=O)Nc2ccc3sc(C(=O)N4CCCCC4)cc3c2)cc1Cl. The maximum atomic E-state index is 12.8. The number of benzene rings is 2. The molecule has 6 nitrogen and oxygen atoms in total. The number of amides is 1. The van der Waals surface area contributed by atoms with Crippen LogP contribution in [0.1, 0.15) is 28.9 Å². The van der Waals surface area contributed by atoms with Gasteiger partial charge in [-0.05, 0) is 67.1 Å². The van der Waals surface area contributed by atoms with Crippen molar-refractivity contribution in [2.75, 3.05) is 24.9 Å². The van der Waals surface area contributed by atoms with Gasteiger partial charge in [-0.25, -0.2) is 8.42 Å². The highest BCUT2D eigenvalue weighted by atomic mass is 35.5. The summed E-state index contributed by atoms with van der Waals surface area (Å²) in [5.41, 5.74) is 0.421. The lowest BCUT2D eigenvalue weighted by Crippen LogP contribution is -2.35. The molecule has 0 saturated carbocycles. The molecule has 0 radical (unpaired) electrons. The van der Waals surface area contributed by atoms with Gasteiger partial charge in [0.25, 0.3) is 15.9 Å². The first-order valence-electron chi connectivity index (χ1n) is 9.56. The number of carbonyl (C=O) groups is 1. The molecule has 0 spiro atoms. The molecule has 2 heterocycles. The molecule has 2 aromatic carbocycles. The molecule has 4 rings (SSSR count). The van der Waals surface area contributed by atoms with E-state index in [0.717, 1.165) is 36.0 Å². The summed E-state index contributed by atoms with van der Waals surface area (Å²) < 4.78 is 34.1. The second-order valence-electron chi connectivity index (χ2n) is 7.12. The van der Waals surface area contributed by atoms with Crippen molar-refractivity contribution >= 4 is 54.6 Å². The number of hydrogen-bond acceptors (Lipinski definition) is 5. The monoisotopic (exact) mass is 464 g/mol. The lowest BCUT2D eigenvalue weighted by molar-refractivity contribution is 0.0729. The van der Waals surface area contributed by atoms with E-state index in [1.165, 1.54) is 43.1 Å². The molecule has 30 heavy (non-hydrogen) atoms. The number of ether oxygens (including phenoxy) is 1. The third-order valence-corrected chi connectivity index (χ3v) is 7.83. The number of likely N-dealkylation sites (tertiary alicyclic amines) is 1. The summed E-state index contributed by atoms with van der Waals surface area (Å²) in [6, 6.07) is 11.4. The van der Waals surface area contributed by atoms with Crippen molar-refractivity contribution in [3.8, 4) is 5.75 Å². The highest BCUT2D eigenvalue weighted by Gasteiger charge is 2.21. The molecule has 1 amide bonds. The molecule has 1 N–H and O–H groups in total. The van der Waals surface area contributed by atoms with E-state index < -0.39 is 10.0 Å². The summed E-state index contributed by atoms with van der Waals surface area (Å²) in [5.74, 6) is 0.451. The lowest BCUT2D eigenvalue weighted by atomic mass is 10.1. The van der Waals surface area contributed by atoms with Gasteiger partial charge >= 0.3 is 0 Å². The van der Waals surface area contributed by atoms with Crippen molar-refractivity contribution in [3.63, 3.8) is 0 Å². The molecule has 9 heteroatoms. The third kappa shape index (κ3) is 4.26. The normalized spacial score (nSPS) is 14.7. The second kappa shape index (κ2) is 8.45. The maximum Gasteiger partial charge on any atom is 0.263 e. The van der Waals surface area contributed by atoms with Crippen molar-refractivity contribution in [2.24, 2.45) is 0 Å². The van der Waals surface area contributed by atoms with Gasteiger partial charge in [-0.2, -0.15) is 0 Å². The van der Waals surface area contributed by atoms with Gasteiger partial charge in [-0.15, -0.1) is 11.3 Å².